The van der Waals surface area contributed by atoms with Gasteiger partial charge >= 0.3 is 0 Å². The molecule has 1 aliphatic rings. The van der Waals surface area contributed by atoms with E-state index >= 15 is 0 Å². The van der Waals surface area contributed by atoms with Crippen molar-refractivity contribution in [1.29, 1.82) is 0 Å². The van der Waals surface area contributed by atoms with E-state index in [-0.39, 0.29) is 6.04 Å². The number of methoxy groups -OCH3 is 1. The first-order valence-corrected chi connectivity index (χ1v) is 7.29. The zero-order valence-electron chi connectivity index (χ0n) is 10.9. The number of fused-ring (bicyclic) bond motifs is 1. The Morgan fingerprint density at radius 2 is 2.21 bits per heavy atom. The minimum absolute atomic E-state index is 0.175. The summed E-state index contributed by atoms with van der Waals surface area (Å²) in [6.07, 6.45) is 5.42. The minimum atomic E-state index is 0.175. The van der Waals surface area contributed by atoms with E-state index in [0.29, 0.717) is 0 Å². The predicted molar refractivity (Wildman–Crippen MR) is 79.9 cm³/mol. The number of benzene rings is 1. The second-order valence-electron chi connectivity index (χ2n) is 4.90. The van der Waals surface area contributed by atoms with E-state index in [4.69, 9.17) is 10.5 Å². The standard InChI is InChI=1S/C15H17BrN2O/c1-19-10-5-6-12(16)15(9-10)18-8-7-11-13(17)3-2-4-14(11)18/h5-9,13H,2-4,17H2,1H3. The van der Waals surface area contributed by atoms with Gasteiger partial charge in [0, 0.05) is 28.5 Å². The molecule has 1 aromatic carbocycles. The molecule has 3 nitrogen and oxygen atoms in total. The van der Waals surface area contributed by atoms with Gasteiger partial charge in [0.1, 0.15) is 5.75 Å². The Hall–Kier alpha value is -1.26. The fourth-order valence-corrected chi connectivity index (χ4v) is 3.19. The zero-order valence-corrected chi connectivity index (χ0v) is 12.5. The Bertz CT molecular complexity index is 606. The summed E-state index contributed by atoms with van der Waals surface area (Å²) in [6, 6.07) is 8.34. The third-order valence-electron chi connectivity index (χ3n) is 3.77. The molecule has 2 aromatic rings. The molecule has 19 heavy (non-hydrogen) atoms. The van der Waals surface area contributed by atoms with E-state index in [1.165, 1.54) is 11.3 Å². The van der Waals surface area contributed by atoms with Gasteiger partial charge < -0.3 is 15.0 Å². The van der Waals surface area contributed by atoms with Gasteiger partial charge in [-0.1, -0.05) is 0 Å². The molecule has 2 N–H and O–H groups in total. The maximum absolute atomic E-state index is 6.18. The summed E-state index contributed by atoms with van der Waals surface area (Å²) in [5.41, 5.74) is 9.89. The normalized spacial score (nSPS) is 18.2. The highest BCUT2D eigenvalue weighted by Crippen LogP contribution is 2.33. The highest BCUT2D eigenvalue weighted by Gasteiger charge is 2.21. The van der Waals surface area contributed by atoms with Crippen LogP contribution in [-0.4, -0.2) is 11.7 Å². The molecule has 1 unspecified atom stereocenters. The van der Waals surface area contributed by atoms with Crippen molar-refractivity contribution in [2.24, 2.45) is 5.73 Å². The van der Waals surface area contributed by atoms with Crippen molar-refractivity contribution in [1.82, 2.24) is 4.57 Å². The summed E-state index contributed by atoms with van der Waals surface area (Å²) >= 11 is 3.62. The van der Waals surface area contributed by atoms with Gasteiger partial charge in [0.05, 0.1) is 12.8 Å². The van der Waals surface area contributed by atoms with Crippen molar-refractivity contribution < 1.29 is 4.74 Å². The average molecular weight is 321 g/mol. The largest absolute Gasteiger partial charge is 0.497 e. The van der Waals surface area contributed by atoms with Crippen molar-refractivity contribution in [2.45, 2.75) is 25.3 Å². The summed E-state index contributed by atoms with van der Waals surface area (Å²) < 4.78 is 8.60. The van der Waals surface area contributed by atoms with Gasteiger partial charge in [-0.25, -0.2) is 0 Å². The van der Waals surface area contributed by atoms with Gasteiger partial charge in [-0.05, 0) is 59.0 Å². The molecular weight excluding hydrogens is 304 g/mol. The maximum Gasteiger partial charge on any atom is 0.121 e. The molecule has 0 saturated carbocycles. The molecule has 0 aliphatic heterocycles. The van der Waals surface area contributed by atoms with Crippen molar-refractivity contribution >= 4 is 15.9 Å². The molecular formula is C15H17BrN2O. The lowest BCUT2D eigenvalue weighted by atomic mass is 9.93. The van der Waals surface area contributed by atoms with Crippen LogP contribution in [0.25, 0.3) is 5.69 Å². The Kier molecular flexibility index (Phi) is 3.37. The van der Waals surface area contributed by atoms with Crippen molar-refractivity contribution in [3.05, 3.63) is 46.2 Å². The molecule has 0 amide bonds. The highest BCUT2D eigenvalue weighted by molar-refractivity contribution is 9.10. The lowest BCUT2D eigenvalue weighted by Gasteiger charge is -2.21. The number of aromatic nitrogens is 1. The summed E-state index contributed by atoms with van der Waals surface area (Å²) in [5.74, 6) is 0.862. The minimum Gasteiger partial charge on any atom is -0.497 e. The van der Waals surface area contributed by atoms with E-state index in [0.717, 1.165) is 35.2 Å². The number of nitrogens with two attached hydrogens (primary N) is 1. The molecule has 1 atom stereocenters. The Labute approximate surface area is 121 Å². The second kappa shape index (κ2) is 5.02. The Morgan fingerprint density at radius 1 is 1.37 bits per heavy atom. The second-order valence-corrected chi connectivity index (χ2v) is 5.76. The van der Waals surface area contributed by atoms with Gasteiger partial charge in [0.25, 0.3) is 0 Å². The number of halogens is 1. The van der Waals surface area contributed by atoms with Crippen LogP contribution in [0.3, 0.4) is 0 Å². The molecule has 0 spiro atoms. The summed E-state index contributed by atoms with van der Waals surface area (Å²) in [4.78, 5) is 0. The van der Waals surface area contributed by atoms with Crippen LogP contribution in [0, 0.1) is 0 Å². The Morgan fingerprint density at radius 3 is 3.00 bits per heavy atom. The maximum atomic E-state index is 6.18. The van der Waals surface area contributed by atoms with Crippen molar-refractivity contribution in [3.63, 3.8) is 0 Å². The number of rotatable bonds is 2. The third kappa shape index (κ3) is 2.19. The molecule has 0 fully saturated rings. The Balaban J connectivity index is 2.12. The summed E-state index contributed by atoms with van der Waals surface area (Å²) in [6.45, 7) is 0. The average Bonchev–Trinajstić information content (AvgIpc) is 2.85. The molecule has 0 radical (unpaired) electrons. The molecule has 3 rings (SSSR count). The zero-order chi connectivity index (χ0) is 13.4. The first-order valence-electron chi connectivity index (χ1n) is 6.50. The van der Waals surface area contributed by atoms with Crippen LogP contribution in [0.5, 0.6) is 5.75 Å². The van der Waals surface area contributed by atoms with Gasteiger partial charge in [-0.3, -0.25) is 0 Å². The number of ether oxygens (including phenoxy) is 1. The predicted octanol–water partition coefficient (Wildman–Crippen LogP) is 3.58. The summed E-state index contributed by atoms with van der Waals surface area (Å²) in [5, 5.41) is 0. The monoisotopic (exact) mass is 320 g/mol. The first-order chi connectivity index (χ1) is 9.20. The fourth-order valence-electron chi connectivity index (χ4n) is 2.76. The lowest BCUT2D eigenvalue weighted by Crippen LogP contribution is -2.17. The van der Waals surface area contributed by atoms with Crippen LogP contribution in [0.2, 0.25) is 0 Å². The molecule has 1 heterocycles. The number of nitrogens with zero attached hydrogens (tertiary/aromatic N) is 1. The van der Waals surface area contributed by atoms with E-state index in [1.807, 2.05) is 18.2 Å². The van der Waals surface area contributed by atoms with Gasteiger partial charge in [0.15, 0.2) is 0 Å². The molecule has 0 bridgehead atoms. The van der Waals surface area contributed by atoms with Crippen molar-refractivity contribution in [3.8, 4) is 11.4 Å². The van der Waals surface area contributed by atoms with Crippen LogP contribution >= 0.6 is 15.9 Å². The van der Waals surface area contributed by atoms with Crippen molar-refractivity contribution in [2.75, 3.05) is 7.11 Å². The molecule has 1 aromatic heterocycles. The van der Waals surface area contributed by atoms with Crippen LogP contribution in [0.15, 0.2) is 34.9 Å². The van der Waals surface area contributed by atoms with E-state index < -0.39 is 0 Å². The van der Waals surface area contributed by atoms with Gasteiger partial charge in [-0.2, -0.15) is 0 Å². The molecule has 4 heteroatoms. The smallest absolute Gasteiger partial charge is 0.121 e. The van der Waals surface area contributed by atoms with E-state index in [2.05, 4.69) is 32.8 Å². The van der Waals surface area contributed by atoms with Crippen LogP contribution in [-0.2, 0) is 6.42 Å². The molecule has 100 valence electrons. The topological polar surface area (TPSA) is 40.2 Å². The molecule has 1 aliphatic carbocycles. The summed E-state index contributed by atoms with van der Waals surface area (Å²) in [7, 11) is 1.69. The molecule has 0 saturated heterocycles. The van der Waals surface area contributed by atoms with Crippen LogP contribution in [0.1, 0.15) is 30.1 Å². The number of hydrogen-bond acceptors (Lipinski definition) is 2. The number of hydrogen-bond donors (Lipinski definition) is 1. The highest BCUT2D eigenvalue weighted by atomic mass is 79.9. The van der Waals surface area contributed by atoms with Crippen LogP contribution in [0.4, 0.5) is 0 Å². The van der Waals surface area contributed by atoms with E-state index in [9.17, 15) is 0 Å². The quantitative estimate of drug-likeness (QED) is 0.918. The van der Waals surface area contributed by atoms with Gasteiger partial charge in [-0.15, -0.1) is 0 Å². The lowest BCUT2D eigenvalue weighted by molar-refractivity contribution is 0.414. The first kappa shape index (κ1) is 12.8. The van der Waals surface area contributed by atoms with Crippen LogP contribution < -0.4 is 10.5 Å². The SMILES string of the molecule is COc1ccc(Br)c(-n2ccc3c2CCCC3N)c1. The van der Waals surface area contributed by atoms with Gasteiger partial charge in [0.2, 0.25) is 0 Å². The van der Waals surface area contributed by atoms with E-state index in [1.54, 1.807) is 7.11 Å². The third-order valence-corrected chi connectivity index (χ3v) is 4.44. The fraction of sp³-hybridized carbons (Fsp3) is 0.333.